The number of rotatable bonds is 0. The van der Waals surface area contributed by atoms with Crippen molar-refractivity contribution in [2.24, 2.45) is 7.05 Å². The Bertz CT molecular complexity index is 887. The first-order valence-electron chi connectivity index (χ1n) is 6.06. The maximum atomic E-state index is 4.24. The van der Waals surface area contributed by atoms with Crippen LogP contribution >= 0.6 is 0 Å². The summed E-state index contributed by atoms with van der Waals surface area (Å²) in [6.45, 7) is 0. The molecule has 4 aromatic rings. The predicted molar refractivity (Wildman–Crippen MR) is 75.7 cm³/mol. The van der Waals surface area contributed by atoms with E-state index in [0.717, 1.165) is 0 Å². The maximum Gasteiger partial charge on any atom is 0.0568 e. The zero-order valence-corrected chi connectivity index (χ0v) is 10.1. The lowest BCUT2D eigenvalue weighted by Gasteiger charge is -2.02. The van der Waals surface area contributed by atoms with Crippen LogP contribution in [0, 0.1) is 0 Å². The van der Waals surface area contributed by atoms with Crippen LogP contribution < -0.4 is 0 Å². The lowest BCUT2D eigenvalue weighted by molar-refractivity contribution is 1.02. The summed E-state index contributed by atoms with van der Waals surface area (Å²) in [5, 5.41) is 5.08. The first kappa shape index (κ1) is 9.66. The first-order valence-corrected chi connectivity index (χ1v) is 6.06. The number of nitrogens with zero attached hydrogens (tertiary/aromatic N) is 2. The average Bonchev–Trinajstić information content (AvgIpc) is 2.73. The molecule has 0 N–H and O–H groups in total. The fraction of sp³-hybridized carbons (Fsp3) is 0.0625. The molecule has 0 spiro atoms. The van der Waals surface area contributed by atoms with Gasteiger partial charge in [-0.2, -0.15) is 0 Å². The summed E-state index contributed by atoms with van der Waals surface area (Å²) in [7, 11) is 2.12. The first-order chi connectivity index (χ1) is 8.86. The van der Waals surface area contributed by atoms with Gasteiger partial charge in [-0.25, -0.2) is 0 Å². The van der Waals surface area contributed by atoms with Crippen LogP contribution in [0.3, 0.4) is 0 Å². The molecular weight excluding hydrogens is 220 g/mol. The van der Waals surface area contributed by atoms with Crippen LogP contribution in [0.4, 0.5) is 0 Å². The van der Waals surface area contributed by atoms with Gasteiger partial charge in [-0.15, -0.1) is 0 Å². The van der Waals surface area contributed by atoms with Crippen LogP contribution in [0.5, 0.6) is 0 Å². The molecule has 0 saturated carbocycles. The van der Waals surface area contributed by atoms with E-state index in [1.54, 1.807) is 0 Å². The normalized spacial score (nSPS) is 11.6. The average molecular weight is 232 g/mol. The number of hydrogen-bond donors (Lipinski definition) is 0. The Balaban J connectivity index is 2.39. The van der Waals surface area contributed by atoms with Gasteiger partial charge in [-0.1, -0.05) is 36.4 Å². The topological polar surface area (TPSA) is 17.8 Å². The molecule has 2 aromatic carbocycles. The fourth-order valence-corrected chi connectivity index (χ4v) is 2.84. The standard InChI is InChI=1S/C16H12N2/c1-18-15-8-9-17-10-14(15)13-7-6-11-4-2-3-5-12(11)16(13)18/h2-10H,1H3. The van der Waals surface area contributed by atoms with Crippen molar-refractivity contribution in [1.29, 1.82) is 0 Å². The molecule has 2 heteroatoms. The molecule has 0 radical (unpaired) electrons. The number of benzene rings is 2. The Morgan fingerprint density at radius 2 is 1.78 bits per heavy atom. The van der Waals surface area contributed by atoms with Crippen molar-refractivity contribution in [1.82, 2.24) is 9.55 Å². The molecule has 0 fully saturated rings. The highest BCUT2D eigenvalue weighted by Gasteiger charge is 2.10. The third-order valence-corrected chi connectivity index (χ3v) is 3.69. The lowest BCUT2D eigenvalue weighted by atomic mass is 10.1. The van der Waals surface area contributed by atoms with E-state index in [1.165, 1.54) is 32.6 Å². The molecule has 0 unspecified atom stereocenters. The molecule has 0 atom stereocenters. The van der Waals surface area contributed by atoms with Crippen LogP contribution in [0.15, 0.2) is 54.9 Å². The summed E-state index contributed by atoms with van der Waals surface area (Å²) in [4.78, 5) is 4.24. The molecule has 86 valence electrons. The molecule has 0 aliphatic carbocycles. The van der Waals surface area contributed by atoms with Crippen LogP contribution in [0.1, 0.15) is 0 Å². The second-order valence-corrected chi connectivity index (χ2v) is 4.63. The minimum Gasteiger partial charge on any atom is -0.343 e. The molecule has 0 saturated heterocycles. The summed E-state index contributed by atoms with van der Waals surface area (Å²) in [5.74, 6) is 0. The van der Waals surface area contributed by atoms with Gasteiger partial charge in [0, 0.05) is 35.6 Å². The summed E-state index contributed by atoms with van der Waals surface area (Å²) in [6.07, 6.45) is 3.80. The number of fused-ring (bicyclic) bond motifs is 5. The zero-order chi connectivity index (χ0) is 12.1. The Morgan fingerprint density at radius 3 is 2.72 bits per heavy atom. The van der Waals surface area contributed by atoms with Gasteiger partial charge in [-0.05, 0) is 11.5 Å². The highest BCUT2D eigenvalue weighted by molar-refractivity contribution is 6.17. The van der Waals surface area contributed by atoms with E-state index in [9.17, 15) is 0 Å². The van der Waals surface area contributed by atoms with Gasteiger partial charge in [0.05, 0.1) is 11.0 Å². The van der Waals surface area contributed by atoms with Crippen molar-refractivity contribution in [3.8, 4) is 0 Å². The van der Waals surface area contributed by atoms with E-state index in [-0.39, 0.29) is 0 Å². The van der Waals surface area contributed by atoms with E-state index in [2.05, 4.69) is 59.1 Å². The Kier molecular flexibility index (Phi) is 1.78. The van der Waals surface area contributed by atoms with Gasteiger partial charge in [0.1, 0.15) is 0 Å². The van der Waals surface area contributed by atoms with E-state index < -0.39 is 0 Å². The van der Waals surface area contributed by atoms with Crippen LogP contribution in [-0.4, -0.2) is 9.55 Å². The van der Waals surface area contributed by atoms with Gasteiger partial charge in [0.15, 0.2) is 0 Å². The summed E-state index contributed by atoms with van der Waals surface area (Å²) in [6, 6.07) is 15.0. The third-order valence-electron chi connectivity index (χ3n) is 3.69. The van der Waals surface area contributed by atoms with E-state index >= 15 is 0 Å². The largest absolute Gasteiger partial charge is 0.343 e. The van der Waals surface area contributed by atoms with Crippen molar-refractivity contribution in [2.75, 3.05) is 0 Å². The molecule has 2 heterocycles. The molecule has 2 aromatic heterocycles. The molecule has 18 heavy (non-hydrogen) atoms. The highest BCUT2D eigenvalue weighted by Crippen LogP contribution is 2.32. The third kappa shape index (κ3) is 1.10. The van der Waals surface area contributed by atoms with Crippen LogP contribution in [0.2, 0.25) is 0 Å². The predicted octanol–water partition coefficient (Wildman–Crippen LogP) is 3.88. The van der Waals surface area contributed by atoms with Gasteiger partial charge >= 0.3 is 0 Å². The van der Waals surface area contributed by atoms with Crippen LogP contribution in [-0.2, 0) is 7.05 Å². The second kappa shape index (κ2) is 3.33. The molecule has 0 bridgehead atoms. The molecule has 0 aliphatic heterocycles. The van der Waals surface area contributed by atoms with Gasteiger partial charge in [-0.3, -0.25) is 4.98 Å². The van der Waals surface area contributed by atoms with E-state index in [0.29, 0.717) is 0 Å². The summed E-state index contributed by atoms with van der Waals surface area (Å²) >= 11 is 0. The number of aromatic nitrogens is 2. The Morgan fingerprint density at radius 1 is 0.889 bits per heavy atom. The Labute approximate surface area is 104 Å². The molecule has 0 amide bonds. The van der Waals surface area contributed by atoms with Crippen LogP contribution in [0.25, 0.3) is 32.6 Å². The van der Waals surface area contributed by atoms with Crippen molar-refractivity contribution in [3.63, 3.8) is 0 Å². The monoisotopic (exact) mass is 232 g/mol. The number of hydrogen-bond acceptors (Lipinski definition) is 1. The number of aryl methyl sites for hydroxylation is 1. The zero-order valence-electron chi connectivity index (χ0n) is 10.1. The minimum absolute atomic E-state index is 1.22. The molecular formula is C16H12N2. The van der Waals surface area contributed by atoms with Gasteiger partial charge in [0.2, 0.25) is 0 Å². The Hall–Kier alpha value is -2.35. The fourth-order valence-electron chi connectivity index (χ4n) is 2.84. The smallest absolute Gasteiger partial charge is 0.0568 e. The quantitative estimate of drug-likeness (QED) is 0.450. The van der Waals surface area contributed by atoms with Gasteiger partial charge < -0.3 is 4.57 Å². The summed E-state index contributed by atoms with van der Waals surface area (Å²) < 4.78 is 2.26. The van der Waals surface area contributed by atoms with E-state index in [4.69, 9.17) is 0 Å². The molecule has 2 nitrogen and oxygen atoms in total. The molecule has 0 aliphatic rings. The summed E-state index contributed by atoms with van der Waals surface area (Å²) in [5.41, 5.74) is 2.52. The highest BCUT2D eigenvalue weighted by atomic mass is 14.9. The van der Waals surface area contributed by atoms with Crippen molar-refractivity contribution < 1.29 is 0 Å². The van der Waals surface area contributed by atoms with E-state index in [1.807, 2.05) is 12.4 Å². The SMILES string of the molecule is Cn1c2ccncc2c2ccc3ccccc3c21. The van der Waals surface area contributed by atoms with Crippen molar-refractivity contribution in [3.05, 3.63) is 54.9 Å². The van der Waals surface area contributed by atoms with Gasteiger partial charge in [0.25, 0.3) is 0 Å². The minimum atomic E-state index is 1.22. The second-order valence-electron chi connectivity index (χ2n) is 4.63. The maximum absolute atomic E-state index is 4.24. The number of pyridine rings is 1. The van der Waals surface area contributed by atoms with Crippen molar-refractivity contribution >= 4 is 32.6 Å². The van der Waals surface area contributed by atoms with Crippen molar-refractivity contribution in [2.45, 2.75) is 0 Å². The molecule has 4 rings (SSSR count). The lowest BCUT2D eigenvalue weighted by Crippen LogP contribution is -1.87.